The largest absolute Gasteiger partial charge is 0.331 e. The minimum Gasteiger partial charge on any atom is -0.301 e. The highest BCUT2D eigenvalue weighted by atomic mass is 19.1. The first-order valence-electron chi connectivity index (χ1n) is 6.22. The number of carbonyl (C=O) groups is 1. The van der Waals surface area contributed by atoms with Gasteiger partial charge in [-0.2, -0.15) is 0 Å². The van der Waals surface area contributed by atoms with Gasteiger partial charge in [0.15, 0.2) is 5.78 Å². The molecule has 0 aliphatic rings. The van der Waals surface area contributed by atoms with Gasteiger partial charge >= 0.3 is 5.69 Å². The molecule has 0 saturated heterocycles. The highest BCUT2D eigenvalue weighted by Gasteiger charge is 2.16. The normalized spacial score (nSPS) is 10.6. The van der Waals surface area contributed by atoms with Gasteiger partial charge in [0.1, 0.15) is 11.6 Å². The Kier molecular flexibility index (Phi) is 4.11. The molecule has 0 spiro atoms. The molecule has 0 amide bonds. The van der Waals surface area contributed by atoms with Crippen molar-refractivity contribution in [3.63, 3.8) is 0 Å². The van der Waals surface area contributed by atoms with Gasteiger partial charge in [-0.15, -0.1) is 0 Å². The third-order valence-electron chi connectivity index (χ3n) is 3.01. The zero-order valence-electron chi connectivity index (χ0n) is 11.2. The Morgan fingerprint density at radius 2 is 1.90 bits per heavy atom. The predicted molar refractivity (Wildman–Crippen MR) is 71.3 cm³/mol. The summed E-state index contributed by atoms with van der Waals surface area (Å²) in [6, 6.07) is 3.58. The second-order valence-corrected chi connectivity index (χ2v) is 4.36. The summed E-state index contributed by atoms with van der Waals surface area (Å²) >= 11 is 0. The van der Waals surface area contributed by atoms with E-state index in [2.05, 4.69) is 0 Å². The topological polar surface area (TPSA) is 61.1 Å². The van der Waals surface area contributed by atoms with Crippen LogP contribution in [-0.2, 0) is 13.1 Å². The molecule has 110 valence electrons. The standard InChI is InChI=1S/C14H12F2N2O3/c1-2-17-6-5-13(20)18(14(17)21)8-12(19)10-7-9(15)3-4-11(10)16/h3-7H,2,8H2,1H3. The summed E-state index contributed by atoms with van der Waals surface area (Å²) in [5.74, 6) is -2.52. The monoisotopic (exact) mass is 294 g/mol. The lowest BCUT2D eigenvalue weighted by Gasteiger charge is -2.08. The molecule has 1 aromatic heterocycles. The summed E-state index contributed by atoms with van der Waals surface area (Å²) < 4.78 is 28.5. The third kappa shape index (κ3) is 2.96. The Balaban J connectivity index is 2.43. The van der Waals surface area contributed by atoms with E-state index in [-0.39, 0.29) is 0 Å². The number of halogens is 2. The molecule has 0 unspecified atom stereocenters. The molecule has 0 aliphatic heterocycles. The first-order valence-corrected chi connectivity index (χ1v) is 6.22. The highest BCUT2D eigenvalue weighted by Crippen LogP contribution is 2.10. The van der Waals surface area contributed by atoms with Crippen LogP contribution in [0.25, 0.3) is 0 Å². The number of aryl methyl sites for hydroxylation is 1. The fraction of sp³-hybridized carbons (Fsp3) is 0.214. The molecule has 5 nitrogen and oxygen atoms in total. The summed E-state index contributed by atoms with van der Waals surface area (Å²) in [7, 11) is 0. The molecule has 0 saturated carbocycles. The Morgan fingerprint density at radius 3 is 2.57 bits per heavy atom. The van der Waals surface area contributed by atoms with Gasteiger partial charge in [0.05, 0.1) is 12.1 Å². The minimum absolute atomic E-state index is 0.321. The molecule has 1 aromatic carbocycles. The number of Topliss-reactive ketones (excluding diaryl/α,β-unsaturated/α-hetero) is 1. The van der Waals surface area contributed by atoms with Crippen LogP contribution in [0.15, 0.2) is 40.1 Å². The number of hydrogen-bond acceptors (Lipinski definition) is 3. The van der Waals surface area contributed by atoms with Crippen molar-refractivity contribution in [2.24, 2.45) is 0 Å². The van der Waals surface area contributed by atoms with Gasteiger partial charge < -0.3 is 4.57 Å². The lowest BCUT2D eigenvalue weighted by molar-refractivity contribution is 0.0964. The molecular weight excluding hydrogens is 282 g/mol. The van der Waals surface area contributed by atoms with Gasteiger partial charge in [-0.05, 0) is 25.1 Å². The third-order valence-corrected chi connectivity index (χ3v) is 3.01. The molecule has 0 N–H and O–H groups in total. The van der Waals surface area contributed by atoms with E-state index >= 15 is 0 Å². The van der Waals surface area contributed by atoms with Crippen LogP contribution in [0.5, 0.6) is 0 Å². The van der Waals surface area contributed by atoms with E-state index in [0.717, 1.165) is 24.3 Å². The van der Waals surface area contributed by atoms with Crippen molar-refractivity contribution < 1.29 is 13.6 Å². The van der Waals surface area contributed by atoms with Gasteiger partial charge in [-0.25, -0.2) is 13.6 Å². The Hall–Kier alpha value is -2.57. The zero-order chi connectivity index (χ0) is 15.6. The van der Waals surface area contributed by atoms with Crippen molar-refractivity contribution >= 4 is 5.78 Å². The van der Waals surface area contributed by atoms with Crippen molar-refractivity contribution in [2.45, 2.75) is 20.0 Å². The average Bonchev–Trinajstić information content (AvgIpc) is 2.46. The smallest absolute Gasteiger partial charge is 0.301 e. The fourth-order valence-corrected chi connectivity index (χ4v) is 1.88. The van der Waals surface area contributed by atoms with E-state index < -0.39 is 40.8 Å². The molecule has 0 radical (unpaired) electrons. The molecule has 2 rings (SSSR count). The molecular formula is C14H12F2N2O3. The first-order chi connectivity index (χ1) is 9.93. The van der Waals surface area contributed by atoms with Crippen molar-refractivity contribution in [1.29, 1.82) is 0 Å². The lowest BCUT2D eigenvalue weighted by Crippen LogP contribution is -2.40. The van der Waals surface area contributed by atoms with Crippen molar-refractivity contribution in [2.75, 3.05) is 0 Å². The maximum Gasteiger partial charge on any atom is 0.331 e. The molecule has 7 heteroatoms. The van der Waals surface area contributed by atoms with E-state index in [9.17, 15) is 23.2 Å². The minimum atomic E-state index is -0.902. The maximum absolute atomic E-state index is 13.5. The number of ketones is 1. The van der Waals surface area contributed by atoms with Crippen LogP contribution in [0.4, 0.5) is 8.78 Å². The quantitative estimate of drug-likeness (QED) is 0.796. The second kappa shape index (κ2) is 5.82. The van der Waals surface area contributed by atoms with Gasteiger partial charge in [0.25, 0.3) is 5.56 Å². The summed E-state index contributed by atoms with van der Waals surface area (Å²) in [5.41, 5.74) is -1.83. The van der Waals surface area contributed by atoms with E-state index in [0.29, 0.717) is 11.1 Å². The van der Waals surface area contributed by atoms with E-state index in [4.69, 9.17) is 0 Å². The Morgan fingerprint density at radius 1 is 1.19 bits per heavy atom. The van der Waals surface area contributed by atoms with Crippen LogP contribution in [0, 0.1) is 11.6 Å². The average molecular weight is 294 g/mol. The van der Waals surface area contributed by atoms with E-state index in [1.165, 1.54) is 10.8 Å². The SMILES string of the molecule is CCn1ccc(=O)n(CC(=O)c2cc(F)ccc2F)c1=O. The maximum atomic E-state index is 13.5. The molecule has 0 aliphatic carbocycles. The van der Waals surface area contributed by atoms with Crippen LogP contribution in [0.2, 0.25) is 0 Å². The van der Waals surface area contributed by atoms with Crippen LogP contribution >= 0.6 is 0 Å². The number of hydrogen-bond donors (Lipinski definition) is 0. The van der Waals surface area contributed by atoms with Crippen molar-refractivity contribution in [1.82, 2.24) is 9.13 Å². The molecule has 0 atom stereocenters. The van der Waals surface area contributed by atoms with Crippen molar-refractivity contribution in [3.8, 4) is 0 Å². The van der Waals surface area contributed by atoms with Gasteiger partial charge in [-0.3, -0.25) is 14.2 Å². The molecule has 0 fully saturated rings. The second-order valence-electron chi connectivity index (χ2n) is 4.36. The fourth-order valence-electron chi connectivity index (χ4n) is 1.88. The van der Waals surface area contributed by atoms with Crippen molar-refractivity contribution in [3.05, 3.63) is 68.5 Å². The number of aromatic nitrogens is 2. The van der Waals surface area contributed by atoms with Gasteiger partial charge in [0.2, 0.25) is 0 Å². The summed E-state index contributed by atoms with van der Waals surface area (Å²) in [6.07, 6.45) is 1.31. The summed E-state index contributed by atoms with van der Waals surface area (Å²) in [4.78, 5) is 35.6. The van der Waals surface area contributed by atoms with Crippen LogP contribution in [0.1, 0.15) is 17.3 Å². The van der Waals surface area contributed by atoms with E-state index in [1.54, 1.807) is 6.92 Å². The number of nitrogens with zero attached hydrogens (tertiary/aromatic N) is 2. The number of benzene rings is 1. The summed E-state index contributed by atoms with van der Waals surface area (Å²) in [5, 5.41) is 0. The van der Waals surface area contributed by atoms with Crippen LogP contribution in [0.3, 0.4) is 0 Å². The number of rotatable bonds is 4. The lowest BCUT2D eigenvalue weighted by atomic mass is 10.1. The first kappa shape index (κ1) is 14.8. The van der Waals surface area contributed by atoms with Gasteiger partial charge in [-0.1, -0.05) is 0 Å². The highest BCUT2D eigenvalue weighted by molar-refractivity contribution is 5.96. The Bertz CT molecular complexity index is 809. The Labute approximate surface area is 118 Å². The predicted octanol–water partition coefficient (Wildman–Crippen LogP) is 1.19. The molecule has 2 aromatic rings. The molecule has 21 heavy (non-hydrogen) atoms. The molecule has 0 bridgehead atoms. The zero-order valence-corrected chi connectivity index (χ0v) is 11.2. The molecule has 1 heterocycles. The van der Waals surface area contributed by atoms with Gasteiger partial charge in [0, 0.05) is 18.8 Å². The number of carbonyl (C=O) groups excluding carboxylic acids is 1. The van der Waals surface area contributed by atoms with Crippen LogP contribution in [-0.4, -0.2) is 14.9 Å². The van der Waals surface area contributed by atoms with E-state index in [1.807, 2.05) is 0 Å². The summed E-state index contributed by atoms with van der Waals surface area (Å²) in [6.45, 7) is 1.38. The van der Waals surface area contributed by atoms with Crippen LogP contribution < -0.4 is 11.2 Å².